The Hall–Kier alpha value is -3.07. The molecule has 0 radical (unpaired) electrons. The van der Waals surface area contributed by atoms with Crippen LogP contribution in [0.15, 0.2) is 35.4 Å². The molecule has 3 N–H and O–H groups in total. The summed E-state index contributed by atoms with van der Waals surface area (Å²) >= 11 is 1.17. The summed E-state index contributed by atoms with van der Waals surface area (Å²) in [6.07, 6.45) is 2.56. The molecule has 1 aliphatic rings. The summed E-state index contributed by atoms with van der Waals surface area (Å²) in [6, 6.07) is 14.0. The van der Waals surface area contributed by atoms with Crippen LogP contribution in [0.3, 0.4) is 0 Å². The number of nitrogens with one attached hydrogen (secondary N) is 1. The van der Waals surface area contributed by atoms with Gasteiger partial charge >= 0.3 is 0 Å². The zero-order chi connectivity index (χ0) is 22.4. The summed E-state index contributed by atoms with van der Waals surface area (Å²) in [5.41, 5.74) is 7.91. The summed E-state index contributed by atoms with van der Waals surface area (Å²) in [6.45, 7) is 3.44. The third-order valence-electron chi connectivity index (χ3n) is 5.55. The van der Waals surface area contributed by atoms with E-state index < -0.39 is 11.2 Å². The number of rotatable bonds is 7. The molecule has 160 valence electrons. The standard InChI is InChI=1S/C23H26N6OS/c1-3-17-18(12-24)22(29-11-7-10-16(14-29)27-2)28-23(19(17)13-25)31-20(21(26)30)15-8-5-4-6-9-15/h4-6,8-9,16,20,27H,3,7,10-11,14H2,1-2H3,(H2,26,30)/t16-,20?/m0/s1. The minimum atomic E-state index is -0.683. The van der Waals surface area contributed by atoms with Crippen LogP contribution in [0, 0.1) is 22.7 Å². The Kier molecular flexibility index (Phi) is 7.51. The number of piperidine rings is 1. The number of benzene rings is 1. The van der Waals surface area contributed by atoms with Gasteiger partial charge in [0.25, 0.3) is 0 Å². The lowest BCUT2D eigenvalue weighted by atomic mass is 10.00. The number of hydrogen-bond donors (Lipinski definition) is 2. The van der Waals surface area contributed by atoms with Gasteiger partial charge in [-0.05, 0) is 37.4 Å². The van der Waals surface area contributed by atoms with Crippen LogP contribution in [0.2, 0.25) is 0 Å². The molecule has 1 aromatic carbocycles. The van der Waals surface area contributed by atoms with Gasteiger partial charge < -0.3 is 16.0 Å². The second-order valence-corrected chi connectivity index (χ2v) is 8.52. The monoisotopic (exact) mass is 434 g/mol. The fourth-order valence-electron chi connectivity index (χ4n) is 3.93. The molecule has 3 rings (SSSR count). The fraction of sp³-hybridized carbons (Fsp3) is 0.391. The van der Waals surface area contributed by atoms with Crippen molar-refractivity contribution < 1.29 is 4.79 Å². The van der Waals surface area contributed by atoms with Gasteiger partial charge in [-0.15, -0.1) is 0 Å². The number of carbonyl (C=O) groups is 1. The molecule has 1 unspecified atom stereocenters. The van der Waals surface area contributed by atoms with E-state index in [1.165, 1.54) is 11.8 Å². The van der Waals surface area contributed by atoms with Gasteiger partial charge in [0.1, 0.15) is 28.2 Å². The van der Waals surface area contributed by atoms with E-state index in [-0.39, 0.29) is 0 Å². The van der Waals surface area contributed by atoms with Crippen molar-refractivity contribution in [1.82, 2.24) is 10.3 Å². The van der Waals surface area contributed by atoms with Crippen LogP contribution >= 0.6 is 11.8 Å². The van der Waals surface area contributed by atoms with Crippen LogP contribution in [0.5, 0.6) is 0 Å². The number of hydrogen-bond acceptors (Lipinski definition) is 7. The van der Waals surface area contributed by atoms with Gasteiger partial charge in [-0.2, -0.15) is 10.5 Å². The number of nitrogens with two attached hydrogens (primary N) is 1. The number of anilines is 1. The smallest absolute Gasteiger partial charge is 0.235 e. The van der Waals surface area contributed by atoms with Crippen LogP contribution in [0.1, 0.15) is 47.3 Å². The Bertz CT molecular complexity index is 1030. The second kappa shape index (κ2) is 10.3. The van der Waals surface area contributed by atoms with Crippen molar-refractivity contribution in [3.63, 3.8) is 0 Å². The fourth-order valence-corrected chi connectivity index (χ4v) is 4.99. The molecule has 1 saturated heterocycles. The highest BCUT2D eigenvalue weighted by atomic mass is 32.2. The van der Waals surface area contributed by atoms with Crippen LogP contribution in [-0.4, -0.2) is 37.1 Å². The summed E-state index contributed by atoms with van der Waals surface area (Å²) in [4.78, 5) is 19.1. The maximum Gasteiger partial charge on any atom is 0.235 e. The molecule has 31 heavy (non-hydrogen) atoms. The Morgan fingerprint density at radius 3 is 2.61 bits per heavy atom. The normalized spacial score (nSPS) is 16.9. The number of thioether (sulfide) groups is 1. The zero-order valence-electron chi connectivity index (χ0n) is 17.8. The number of pyridine rings is 1. The molecule has 0 spiro atoms. The molecular formula is C23H26N6OS. The van der Waals surface area contributed by atoms with Gasteiger partial charge in [-0.1, -0.05) is 49.0 Å². The van der Waals surface area contributed by atoms with Gasteiger partial charge in [-0.25, -0.2) is 4.98 Å². The highest BCUT2D eigenvalue weighted by Gasteiger charge is 2.29. The number of likely N-dealkylation sites (N-methyl/N-ethyl adjacent to an activating group) is 1. The Labute approximate surface area is 187 Å². The molecule has 7 nitrogen and oxygen atoms in total. The summed E-state index contributed by atoms with van der Waals surface area (Å²) in [5, 5.41) is 22.9. The van der Waals surface area contributed by atoms with E-state index in [1.54, 1.807) is 0 Å². The number of nitrogens with zero attached hydrogens (tertiary/aromatic N) is 4. The highest BCUT2D eigenvalue weighted by Crippen LogP contribution is 2.39. The van der Waals surface area contributed by atoms with E-state index in [0.717, 1.165) is 31.5 Å². The largest absolute Gasteiger partial charge is 0.368 e. The average Bonchev–Trinajstić information content (AvgIpc) is 2.81. The van der Waals surface area contributed by atoms with Crippen molar-refractivity contribution in [3.8, 4) is 12.1 Å². The first-order valence-corrected chi connectivity index (χ1v) is 11.2. The predicted molar refractivity (Wildman–Crippen MR) is 122 cm³/mol. The Morgan fingerprint density at radius 2 is 2.03 bits per heavy atom. The summed E-state index contributed by atoms with van der Waals surface area (Å²) in [5.74, 6) is 0.0798. The lowest BCUT2D eigenvalue weighted by molar-refractivity contribution is -0.117. The molecule has 1 fully saturated rings. The van der Waals surface area contributed by atoms with Gasteiger partial charge in [0.05, 0.1) is 11.1 Å². The molecule has 2 aromatic rings. The van der Waals surface area contributed by atoms with Crippen LogP contribution < -0.4 is 16.0 Å². The molecule has 8 heteroatoms. The molecular weight excluding hydrogens is 408 g/mol. The van der Waals surface area contributed by atoms with E-state index >= 15 is 0 Å². The summed E-state index contributed by atoms with van der Waals surface area (Å²) < 4.78 is 0. The molecule has 1 aliphatic heterocycles. The van der Waals surface area contributed by atoms with Crippen molar-refractivity contribution in [2.75, 3.05) is 25.0 Å². The number of aromatic nitrogens is 1. The van der Waals surface area contributed by atoms with Gasteiger partial charge in [0.15, 0.2) is 0 Å². The zero-order valence-corrected chi connectivity index (χ0v) is 18.6. The van der Waals surface area contributed by atoms with Gasteiger partial charge in [-0.3, -0.25) is 4.79 Å². The molecule has 0 saturated carbocycles. The number of primary amides is 1. The third-order valence-corrected chi connectivity index (χ3v) is 6.80. The quantitative estimate of drug-likeness (QED) is 0.643. The van der Waals surface area contributed by atoms with Crippen molar-refractivity contribution in [3.05, 3.63) is 52.6 Å². The predicted octanol–water partition coefficient (Wildman–Crippen LogP) is 2.89. The lowest BCUT2D eigenvalue weighted by Crippen LogP contribution is -2.45. The number of amides is 1. The van der Waals surface area contributed by atoms with E-state index in [4.69, 9.17) is 10.7 Å². The minimum Gasteiger partial charge on any atom is -0.368 e. The van der Waals surface area contributed by atoms with Crippen molar-refractivity contribution in [2.45, 2.75) is 42.5 Å². The van der Waals surface area contributed by atoms with E-state index in [0.29, 0.717) is 40.0 Å². The minimum absolute atomic E-state index is 0.307. The second-order valence-electron chi connectivity index (χ2n) is 7.43. The molecule has 2 atom stereocenters. The van der Waals surface area contributed by atoms with E-state index in [9.17, 15) is 15.3 Å². The lowest BCUT2D eigenvalue weighted by Gasteiger charge is -2.34. The molecule has 0 aliphatic carbocycles. The van der Waals surface area contributed by atoms with Crippen LogP contribution in [0.4, 0.5) is 5.82 Å². The van der Waals surface area contributed by atoms with Gasteiger partial charge in [0, 0.05) is 19.1 Å². The SMILES string of the molecule is CCc1c(C#N)c(SC(C(N)=O)c2ccccc2)nc(N2CCC[C@H](NC)C2)c1C#N. The van der Waals surface area contributed by atoms with Crippen molar-refractivity contribution >= 4 is 23.5 Å². The highest BCUT2D eigenvalue weighted by molar-refractivity contribution is 8.00. The molecule has 0 bridgehead atoms. The van der Waals surface area contributed by atoms with Crippen LogP contribution in [0.25, 0.3) is 0 Å². The Balaban J connectivity index is 2.12. The number of nitriles is 2. The van der Waals surface area contributed by atoms with Crippen molar-refractivity contribution in [2.24, 2.45) is 5.73 Å². The third kappa shape index (κ3) is 4.82. The van der Waals surface area contributed by atoms with Crippen LogP contribution in [-0.2, 0) is 11.2 Å². The first-order chi connectivity index (χ1) is 15.0. The maximum atomic E-state index is 12.3. The molecule has 1 amide bonds. The van der Waals surface area contributed by atoms with Gasteiger partial charge in [0.2, 0.25) is 5.91 Å². The first-order valence-electron chi connectivity index (χ1n) is 10.3. The topological polar surface area (TPSA) is 119 Å². The Morgan fingerprint density at radius 1 is 1.32 bits per heavy atom. The van der Waals surface area contributed by atoms with Crippen molar-refractivity contribution in [1.29, 1.82) is 10.5 Å². The van der Waals surface area contributed by atoms with E-state index in [1.807, 2.05) is 44.3 Å². The number of carbonyl (C=O) groups excluding carboxylic acids is 1. The molecule has 2 heterocycles. The average molecular weight is 435 g/mol. The molecule has 1 aromatic heterocycles. The summed E-state index contributed by atoms with van der Waals surface area (Å²) in [7, 11) is 1.93. The van der Waals surface area contributed by atoms with E-state index in [2.05, 4.69) is 22.4 Å². The maximum absolute atomic E-state index is 12.3. The first kappa shape index (κ1) is 22.6.